The van der Waals surface area contributed by atoms with Gasteiger partial charge in [0, 0.05) is 13.1 Å². The molecule has 1 aliphatic heterocycles. The fourth-order valence-corrected chi connectivity index (χ4v) is 2.84. The minimum absolute atomic E-state index is 0.0124. The van der Waals surface area contributed by atoms with Gasteiger partial charge in [0.05, 0.1) is 26.0 Å². The van der Waals surface area contributed by atoms with E-state index in [0.29, 0.717) is 38.5 Å². The molecule has 1 amide bonds. The van der Waals surface area contributed by atoms with E-state index < -0.39 is 5.82 Å². The van der Waals surface area contributed by atoms with Crippen LogP contribution in [0.4, 0.5) is 4.39 Å². The van der Waals surface area contributed by atoms with Crippen LogP contribution in [0.5, 0.6) is 17.4 Å². The maximum Gasteiger partial charge on any atom is 0.264 e. The summed E-state index contributed by atoms with van der Waals surface area (Å²) in [7, 11) is 0. The number of amides is 1. The highest BCUT2D eigenvalue weighted by Crippen LogP contribution is 2.33. The quantitative estimate of drug-likeness (QED) is 0.392. The Kier molecular flexibility index (Phi) is 7.17. The number of carbonyl (C=O) groups is 1. The number of aromatic nitrogens is 2. The second-order valence-electron chi connectivity index (χ2n) is 6.11. The first kappa shape index (κ1) is 21.5. The summed E-state index contributed by atoms with van der Waals surface area (Å²) < 4.78 is 30.2. The molecular weight excluding hydrogens is 415 g/mol. The third-order valence-electron chi connectivity index (χ3n) is 4.12. The molecule has 10 heteroatoms. The number of nitrogens with zero attached hydrogens (tertiary/aromatic N) is 4. The van der Waals surface area contributed by atoms with Gasteiger partial charge in [0.15, 0.2) is 11.5 Å². The number of benzene rings is 1. The zero-order valence-electron chi connectivity index (χ0n) is 16.1. The summed E-state index contributed by atoms with van der Waals surface area (Å²) >= 11 is 5.69. The SMILES string of the molecule is CCOc1cc(/C=C(/C#N)C(=O)N2CCOCC2)ccc1Oc1nc(Cl)ncc1F. The molecule has 0 radical (unpaired) electrons. The lowest BCUT2D eigenvalue weighted by Gasteiger charge is -2.26. The Morgan fingerprint density at radius 1 is 1.40 bits per heavy atom. The smallest absolute Gasteiger partial charge is 0.264 e. The van der Waals surface area contributed by atoms with Gasteiger partial charge in [-0.2, -0.15) is 14.6 Å². The van der Waals surface area contributed by atoms with E-state index in [4.69, 9.17) is 25.8 Å². The summed E-state index contributed by atoms with van der Waals surface area (Å²) in [6.07, 6.45) is 2.37. The van der Waals surface area contributed by atoms with E-state index in [1.165, 1.54) is 12.1 Å². The van der Waals surface area contributed by atoms with Crippen molar-refractivity contribution in [3.63, 3.8) is 0 Å². The van der Waals surface area contributed by atoms with Crippen molar-refractivity contribution in [3.8, 4) is 23.4 Å². The summed E-state index contributed by atoms with van der Waals surface area (Å²) in [4.78, 5) is 21.4. The number of morpholine rings is 1. The first-order chi connectivity index (χ1) is 14.5. The van der Waals surface area contributed by atoms with Gasteiger partial charge in [-0.1, -0.05) is 6.07 Å². The van der Waals surface area contributed by atoms with Crippen LogP contribution in [0.2, 0.25) is 5.28 Å². The van der Waals surface area contributed by atoms with Crippen LogP contribution in [0.25, 0.3) is 6.08 Å². The van der Waals surface area contributed by atoms with Gasteiger partial charge in [-0.15, -0.1) is 0 Å². The maximum atomic E-state index is 13.9. The zero-order valence-corrected chi connectivity index (χ0v) is 16.9. The van der Waals surface area contributed by atoms with Crippen LogP contribution in [-0.4, -0.2) is 53.7 Å². The number of ether oxygens (including phenoxy) is 3. The summed E-state index contributed by atoms with van der Waals surface area (Å²) in [5, 5.41) is 9.28. The molecule has 1 aromatic carbocycles. The molecule has 156 valence electrons. The van der Waals surface area contributed by atoms with E-state index in [1.807, 2.05) is 6.07 Å². The van der Waals surface area contributed by atoms with Crippen molar-refractivity contribution in [1.29, 1.82) is 5.26 Å². The Labute approximate surface area is 177 Å². The second kappa shape index (κ2) is 10.0. The van der Waals surface area contributed by atoms with Crippen molar-refractivity contribution in [2.24, 2.45) is 0 Å². The molecule has 2 aromatic rings. The largest absolute Gasteiger partial charge is 0.490 e. The topological polar surface area (TPSA) is 97.6 Å². The van der Waals surface area contributed by atoms with Gasteiger partial charge in [-0.05, 0) is 42.3 Å². The Morgan fingerprint density at radius 3 is 2.87 bits per heavy atom. The summed E-state index contributed by atoms with van der Waals surface area (Å²) in [6.45, 7) is 3.83. The fourth-order valence-electron chi connectivity index (χ4n) is 2.72. The summed E-state index contributed by atoms with van der Waals surface area (Å²) in [5.74, 6) is -1.01. The van der Waals surface area contributed by atoms with E-state index >= 15 is 0 Å². The van der Waals surface area contributed by atoms with Crippen molar-refractivity contribution in [3.05, 3.63) is 46.6 Å². The fraction of sp³-hybridized carbons (Fsp3) is 0.300. The van der Waals surface area contributed by atoms with Crippen molar-refractivity contribution >= 4 is 23.6 Å². The van der Waals surface area contributed by atoms with Gasteiger partial charge < -0.3 is 19.1 Å². The maximum absolute atomic E-state index is 13.9. The lowest BCUT2D eigenvalue weighted by atomic mass is 10.1. The Morgan fingerprint density at radius 2 is 2.17 bits per heavy atom. The Balaban J connectivity index is 1.88. The van der Waals surface area contributed by atoms with E-state index in [0.717, 1.165) is 6.20 Å². The summed E-state index contributed by atoms with van der Waals surface area (Å²) in [6, 6.07) is 6.67. The highest BCUT2D eigenvalue weighted by Gasteiger charge is 2.21. The normalized spacial score (nSPS) is 14.2. The minimum atomic E-state index is -0.784. The molecule has 0 bridgehead atoms. The highest BCUT2D eigenvalue weighted by atomic mass is 35.5. The van der Waals surface area contributed by atoms with Crippen LogP contribution in [0.15, 0.2) is 30.0 Å². The number of nitriles is 1. The van der Waals surface area contributed by atoms with Gasteiger partial charge in [0.1, 0.15) is 11.6 Å². The van der Waals surface area contributed by atoms with Crippen LogP contribution in [0, 0.1) is 17.1 Å². The van der Waals surface area contributed by atoms with E-state index in [9.17, 15) is 14.4 Å². The summed E-state index contributed by atoms with van der Waals surface area (Å²) in [5.41, 5.74) is 0.534. The molecule has 0 spiro atoms. The molecule has 8 nitrogen and oxygen atoms in total. The molecule has 1 fully saturated rings. The third kappa shape index (κ3) is 5.23. The minimum Gasteiger partial charge on any atom is -0.490 e. The molecule has 3 rings (SSSR count). The van der Waals surface area contributed by atoms with Crippen LogP contribution in [0.1, 0.15) is 12.5 Å². The predicted molar refractivity (Wildman–Crippen MR) is 106 cm³/mol. The van der Waals surface area contributed by atoms with Crippen molar-refractivity contribution in [2.45, 2.75) is 6.92 Å². The highest BCUT2D eigenvalue weighted by molar-refractivity contribution is 6.28. The lowest BCUT2D eigenvalue weighted by Crippen LogP contribution is -2.41. The molecule has 2 heterocycles. The number of halogens is 2. The monoisotopic (exact) mass is 432 g/mol. The average molecular weight is 433 g/mol. The Hall–Kier alpha value is -3.22. The van der Waals surface area contributed by atoms with Crippen LogP contribution >= 0.6 is 11.6 Å². The molecule has 1 aliphatic rings. The number of carbonyl (C=O) groups excluding carboxylic acids is 1. The van der Waals surface area contributed by atoms with Gasteiger partial charge in [0.25, 0.3) is 11.8 Å². The van der Waals surface area contributed by atoms with E-state index in [1.54, 1.807) is 24.0 Å². The van der Waals surface area contributed by atoms with Crippen LogP contribution in [0.3, 0.4) is 0 Å². The van der Waals surface area contributed by atoms with E-state index in [-0.39, 0.29) is 34.1 Å². The Bertz CT molecular complexity index is 1000. The molecule has 30 heavy (non-hydrogen) atoms. The van der Waals surface area contributed by atoms with Gasteiger partial charge >= 0.3 is 0 Å². The van der Waals surface area contributed by atoms with Gasteiger partial charge in [-0.25, -0.2) is 4.98 Å². The van der Waals surface area contributed by atoms with Crippen molar-refractivity contribution in [1.82, 2.24) is 14.9 Å². The zero-order chi connectivity index (χ0) is 21.5. The third-order valence-corrected chi connectivity index (χ3v) is 4.30. The molecule has 0 N–H and O–H groups in total. The number of rotatable bonds is 6. The van der Waals surface area contributed by atoms with Crippen LogP contribution < -0.4 is 9.47 Å². The molecule has 0 atom stereocenters. The molecule has 1 saturated heterocycles. The van der Waals surface area contributed by atoms with Gasteiger partial charge in [-0.3, -0.25) is 4.79 Å². The molecular formula is C20H18ClFN4O4. The van der Waals surface area contributed by atoms with Gasteiger partial charge in [0.2, 0.25) is 11.1 Å². The van der Waals surface area contributed by atoms with Crippen molar-refractivity contribution in [2.75, 3.05) is 32.9 Å². The first-order valence-corrected chi connectivity index (χ1v) is 9.51. The molecule has 0 unspecified atom stereocenters. The first-order valence-electron chi connectivity index (χ1n) is 9.13. The molecule has 0 saturated carbocycles. The number of hydrogen-bond donors (Lipinski definition) is 0. The average Bonchev–Trinajstić information content (AvgIpc) is 2.76. The van der Waals surface area contributed by atoms with Crippen molar-refractivity contribution < 1.29 is 23.4 Å². The second-order valence-corrected chi connectivity index (χ2v) is 6.45. The molecule has 1 aromatic heterocycles. The van der Waals surface area contributed by atoms with E-state index in [2.05, 4.69) is 9.97 Å². The predicted octanol–water partition coefficient (Wildman–Crippen LogP) is 3.23. The number of hydrogen-bond acceptors (Lipinski definition) is 7. The lowest BCUT2D eigenvalue weighted by molar-refractivity contribution is -0.130. The molecule has 0 aliphatic carbocycles. The van der Waals surface area contributed by atoms with Crippen LogP contribution in [-0.2, 0) is 9.53 Å². The standard InChI is InChI=1S/C20H18ClFN4O4/c1-2-29-17-10-13(9-14(11-23)19(27)26-5-7-28-8-6-26)3-4-16(17)30-18-15(22)12-24-20(21)25-18/h3-4,9-10,12H,2,5-8H2,1H3/b14-9-.